The van der Waals surface area contributed by atoms with Crippen LogP contribution in [0.15, 0.2) is 22.5 Å². The number of aromatic nitrogens is 1. The SMILES string of the molecule is CN1CCC(NC(=O)CSc2nc3ccc(NC(=O)C4CNC(=O)C4)cc3s2)C1. The Kier molecular flexibility index (Phi) is 6.02. The monoisotopic (exact) mass is 433 g/mol. The van der Waals surface area contributed by atoms with E-state index in [9.17, 15) is 14.4 Å². The molecule has 0 radical (unpaired) electrons. The summed E-state index contributed by atoms with van der Waals surface area (Å²) in [6.07, 6.45) is 1.22. The van der Waals surface area contributed by atoms with Gasteiger partial charge in [-0.2, -0.15) is 0 Å². The van der Waals surface area contributed by atoms with Crippen LogP contribution in [0.4, 0.5) is 5.69 Å². The minimum Gasteiger partial charge on any atom is -0.355 e. The smallest absolute Gasteiger partial charge is 0.230 e. The van der Waals surface area contributed by atoms with E-state index < -0.39 is 0 Å². The molecule has 8 nitrogen and oxygen atoms in total. The van der Waals surface area contributed by atoms with Crippen molar-refractivity contribution in [2.45, 2.75) is 23.2 Å². The second-order valence-electron chi connectivity index (χ2n) is 7.46. The Balaban J connectivity index is 1.32. The molecule has 3 amide bonds. The van der Waals surface area contributed by atoms with E-state index in [-0.39, 0.29) is 36.1 Å². The van der Waals surface area contributed by atoms with Crippen LogP contribution >= 0.6 is 23.1 Å². The van der Waals surface area contributed by atoms with E-state index >= 15 is 0 Å². The Morgan fingerprint density at radius 2 is 2.28 bits per heavy atom. The van der Waals surface area contributed by atoms with Gasteiger partial charge in [-0.05, 0) is 38.2 Å². The molecule has 0 bridgehead atoms. The number of carbonyl (C=O) groups is 3. The van der Waals surface area contributed by atoms with Gasteiger partial charge >= 0.3 is 0 Å². The molecule has 0 aliphatic carbocycles. The third-order valence-electron chi connectivity index (χ3n) is 5.07. The summed E-state index contributed by atoms with van der Waals surface area (Å²) >= 11 is 2.93. The third kappa shape index (κ3) is 5.06. The molecule has 10 heteroatoms. The minimum atomic E-state index is -0.330. The number of hydrogen-bond acceptors (Lipinski definition) is 7. The normalized spacial score (nSPS) is 22.0. The maximum atomic E-state index is 12.3. The summed E-state index contributed by atoms with van der Waals surface area (Å²) in [4.78, 5) is 42.5. The van der Waals surface area contributed by atoms with Crippen LogP contribution in [0.25, 0.3) is 10.2 Å². The summed E-state index contributed by atoms with van der Waals surface area (Å²) in [5.41, 5.74) is 1.52. The molecule has 1 aromatic heterocycles. The van der Waals surface area contributed by atoms with Gasteiger partial charge in [0.15, 0.2) is 4.34 Å². The number of amides is 3. The summed E-state index contributed by atoms with van der Waals surface area (Å²) in [7, 11) is 2.06. The summed E-state index contributed by atoms with van der Waals surface area (Å²) < 4.78 is 1.77. The minimum absolute atomic E-state index is 0.0298. The first-order valence-corrected chi connectivity index (χ1v) is 11.4. The van der Waals surface area contributed by atoms with Gasteiger partial charge in [0.2, 0.25) is 17.7 Å². The Bertz CT molecular complexity index is 947. The molecular formula is C19H23N5O3S2. The van der Waals surface area contributed by atoms with E-state index in [0.29, 0.717) is 18.0 Å². The lowest BCUT2D eigenvalue weighted by molar-refractivity contribution is -0.123. The van der Waals surface area contributed by atoms with Crippen LogP contribution in [-0.2, 0) is 14.4 Å². The van der Waals surface area contributed by atoms with Gasteiger partial charge in [-0.25, -0.2) is 4.98 Å². The highest BCUT2D eigenvalue weighted by atomic mass is 32.2. The highest BCUT2D eigenvalue weighted by Crippen LogP contribution is 2.31. The Morgan fingerprint density at radius 3 is 3.00 bits per heavy atom. The summed E-state index contributed by atoms with van der Waals surface area (Å²) in [6, 6.07) is 5.79. The second-order valence-corrected chi connectivity index (χ2v) is 9.71. The van der Waals surface area contributed by atoms with Gasteiger partial charge in [0.1, 0.15) is 0 Å². The van der Waals surface area contributed by atoms with Crippen LogP contribution in [-0.4, -0.2) is 66.1 Å². The zero-order valence-electron chi connectivity index (χ0n) is 16.1. The van der Waals surface area contributed by atoms with Gasteiger partial charge in [-0.3, -0.25) is 14.4 Å². The number of nitrogens with one attached hydrogen (secondary N) is 3. The molecule has 1 aromatic carbocycles. The number of fused-ring (bicyclic) bond motifs is 1. The fourth-order valence-electron chi connectivity index (χ4n) is 3.53. The lowest BCUT2D eigenvalue weighted by Gasteiger charge is -2.12. The van der Waals surface area contributed by atoms with Crippen LogP contribution < -0.4 is 16.0 Å². The Labute approximate surface area is 176 Å². The Morgan fingerprint density at radius 1 is 1.41 bits per heavy atom. The number of hydrogen-bond donors (Lipinski definition) is 3. The molecule has 0 saturated carbocycles. The molecule has 2 unspecified atom stereocenters. The molecule has 2 saturated heterocycles. The Hall–Kier alpha value is -2.17. The number of likely N-dealkylation sites (tertiary alicyclic amines) is 1. The van der Waals surface area contributed by atoms with Gasteiger partial charge in [0, 0.05) is 31.2 Å². The fraction of sp³-hybridized carbons (Fsp3) is 0.474. The van der Waals surface area contributed by atoms with Gasteiger partial charge < -0.3 is 20.9 Å². The zero-order valence-corrected chi connectivity index (χ0v) is 17.7. The van der Waals surface area contributed by atoms with Crippen molar-refractivity contribution in [3.8, 4) is 0 Å². The van der Waals surface area contributed by atoms with Crippen molar-refractivity contribution in [3.05, 3.63) is 18.2 Å². The van der Waals surface area contributed by atoms with Gasteiger partial charge in [-0.1, -0.05) is 11.8 Å². The van der Waals surface area contributed by atoms with Crippen LogP contribution in [0.2, 0.25) is 0 Å². The molecule has 2 aliphatic rings. The number of nitrogens with zero attached hydrogens (tertiary/aromatic N) is 2. The van der Waals surface area contributed by atoms with Crippen molar-refractivity contribution in [3.63, 3.8) is 0 Å². The average Bonchev–Trinajstić information content (AvgIpc) is 3.39. The van der Waals surface area contributed by atoms with E-state index in [0.717, 1.165) is 34.1 Å². The van der Waals surface area contributed by atoms with E-state index in [1.54, 1.807) is 0 Å². The molecule has 154 valence electrons. The topological polar surface area (TPSA) is 103 Å². The van der Waals surface area contributed by atoms with Crippen LogP contribution in [0.3, 0.4) is 0 Å². The van der Waals surface area contributed by atoms with Crippen LogP contribution in [0, 0.1) is 5.92 Å². The van der Waals surface area contributed by atoms with Crippen molar-refractivity contribution in [1.29, 1.82) is 0 Å². The van der Waals surface area contributed by atoms with E-state index in [4.69, 9.17) is 0 Å². The van der Waals surface area contributed by atoms with Crippen molar-refractivity contribution in [1.82, 2.24) is 20.5 Å². The van der Waals surface area contributed by atoms with E-state index in [1.807, 2.05) is 18.2 Å². The molecule has 2 atom stereocenters. The maximum absolute atomic E-state index is 12.3. The quantitative estimate of drug-likeness (QED) is 0.593. The first-order chi connectivity index (χ1) is 14.0. The lowest BCUT2D eigenvalue weighted by atomic mass is 10.1. The fourth-order valence-corrected chi connectivity index (χ4v) is 5.45. The van der Waals surface area contributed by atoms with Crippen LogP contribution in [0.5, 0.6) is 0 Å². The number of anilines is 1. The second kappa shape index (κ2) is 8.68. The first-order valence-electron chi connectivity index (χ1n) is 9.55. The van der Waals surface area contributed by atoms with Gasteiger partial charge in [-0.15, -0.1) is 11.3 Å². The van der Waals surface area contributed by atoms with Gasteiger partial charge in [0.05, 0.1) is 21.9 Å². The number of benzene rings is 1. The van der Waals surface area contributed by atoms with E-state index in [1.165, 1.54) is 23.1 Å². The average molecular weight is 434 g/mol. The molecule has 4 rings (SSSR count). The number of carbonyl (C=O) groups excluding carboxylic acids is 3. The lowest BCUT2D eigenvalue weighted by Crippen LogP contribution is -2.37. The zero-order chi connectivity index (χ0) is 20.4. The molecule has 0 spiro atoms. The predicted molar refractivity (Wildman–Crippen MR) is 114 cm³/mol. The maximum Gasteiger partial charge on any atom is 0.230 e. The molecule has 2 aromatic rings. The number of thiazole rings is 1. The molecule has 2 fully saturated rings. The van der Waals surface area contributed by atoms with Crippen molar-refractivity contribution < 1.29 is 14.4 Å². The number of likely N-dealkylation sites (N-methyl/N-ethyl adjacent to an activating group) is 1. The number of thioether (sulfide) groups is 1. The molecule has 3 N–H and O–H groups in total. The molecule has 3 heterocycles. The molecule has 29 heavy (non-hydrogen) atoms. The highest BCUT2D eigenvalue weighted by Gasteiger charge is 2.28. The van der Waals surface area contributed by atoms with Crippen molar-refractivity contribution >= 4 is 56.7 Å². The van der Waals surface area contributed by atoms with Crippen molar-refractivity contribution in [2.24, 2.45) is 5.92 Å². The number of rotatable bonds is 6. The summed E-state index contributed by atoms with van der Waals surface area (Å²) in [5, 5.41) is 8.62. The standard InChI is InChI=1S/C19H23N5O3S2/c1-24-5-4-13(9-24)21-17(26)10-28-19-23-14-3-2-12(7-15(14)29-19)22-18(27)11-6-16(25)20-8-11/h2-3,7,11,13H,4-6,8-10H2,1H3,(H,20,25)(H,21,26)(H,22,27). The molecule has 2 aliphatic heterocycles. The van der Waals surface area contributed by atoms with Crippen LogP contribution in [0.1, 0.15) is 12.8 Å². The predicted octanol–water partition coefficient (Wildman–Crippen LogP) is 1.28. The summed E-state index contributed by atoms with van der Waals surface area (Å²) in [5.74, 6) is -0.206. The third-order valence-corrected chi connectivity index (χ3v) is 7.23. The molecular weight excluding hydrogens is 410 g/mol. The summed E-state index contributed by atoms with van der Waals surface area (Å²) in [6.45, 7) is 2.30. The van der Waals surface area contributed by atoms with Gasteiger partial charge in [0.25, 0.3) is 0 Å². The van der Waals surface area contributed by atoms with Crippen molar-refractivity contribution in [2.75, 3.05) is 37.8 Å². The largest absolute Gasteiger partial charge is 0.355 e. The first kappa shape index (κ1) is 20.1. The van der Waals surface area contributed by atoms with E-state index in [2.05, 4.69) is 32.9 Å². The highest BCUT2D eigenvalue weighted by molar-refractivity contribution is 8.01.